The number of carbonyl (C=O) groups excluding carboxylic acids is 1. The lowest BCUT2D eigenvalue weighted by Gasteiger charge is -2.09. The van der Waals surface area contributed by atoms with Crippen LogP contribution >= 0.6 is 11.3 Å². The molecule has 1 aliphatic carbocycles. The van der Waals surface area contributed by atoms with Crippen LogP contribution in [0.25, 0.3) is 11.3 Å². The summed E-state index contributed by atoms with van der Waals surface area (Å²) in [5, 5.41) is 6.14. The van der Waals surface area contributed by atoms with Gasteiger partial charge in [-0.3, -0.25) is 4.79 Å². The Kier molecular flexibility index (Phi) is 4.85. The molecular formula is C17H21N3OS. The zero-order chi connectivity index (χ0) is 15.4. The molecule has 0 aliphatic heterocycles. The van der Waals surface area contributed by atoms with E-state index in [1.54, 1.807) is 11.3 Å². The lowest BCUT2D eigenvalue weighted by atomic mass is 10.1. The van der Waals surface area contributed by atoms with Crippen LogP contribution in [-0.2, 0) is 11.2 Å². The normalized spacial score (nSPS) is 21.0. The summed E-state index contributed by atoms with van der Waals surface area (Å²) in [5.74, 6) is 0.249. The molecule has 3 N–H and O–H groups in total. The first-order chi connectivity index (χ1) is 10.7. The van der Waals surface area contributed by atoms with Crippen LogP contribution < -0.4 is 11.1 Å². The highest BCUT2D eigenvalue weighted by Crippen LogP contribution is 2.24. The third-order valence-electron chi connectivity index (χ3n) is 4.10. The molecule has 1 aliphatic rings. The lowest BCUT2D eigenvalue weighted by Crippen LogP contribution is -2.31. The molecule has 0 unspecified atom stereocenters. The van der Waals surface area contributed by atoms with Crippen molar-refractivity contribution in [3.8, 4) is 11.3 Å². The van der Waals surface area contributed by atoms with Crippen molar-refractivity contribution in [1.29, 1.82) is 0 Å². The summed E-state index contributed by atoms with van der Waals surface area (Å²) in [6, 6.07) is 10.3. The summed E-state index contributed by atoms with van der Waals surface area (Å²) in [5.41, 5.74) is 7.99. The van der Waals surface area contributed by atoms with Crippen LogP contribution in [0.1, 0.15) is 24.3 Å². The van der Waals surface area contributed by atoms with Crippen molar-refractivity contribution in [2.75, 3.05) is 6.54 Å². The van der Waals surface area contributed by atoms with Gasteiger partial charge in [0.2, 0.25) is 5.91 Å². The molecule has 2 aromatic rings. The molecule has 0 bridgehead atoms. The van der Waals surface area contributed by atoms with Gasteiger partial charge in [0.05, 0.1) is 10.7 Å². The van der Waals surface area contributed by atoms with E-state index in [4.69, 9.17) is 5.73 Å². The second kappa shape index (κ2) is 7.03. The van der Waals surface area contributed by atoms with Crippen LogP contribution in [0.5, 0.6) is 0 Å². The number of aromatic nitrogens is 1. The van der Waals surface area contributed by atoms with Crippen LogP contribution in [0.4, 0.5) is 0 Å². The second-order valence-electron chi connectivity index (χ2n) is 5.80. The largest absolute Gasteiger partial charge is 0.355 e. The maximum atomic E-state index is 12.0. The number of carbonyl (C=O) groups is 1. The fraction of sp³-hybridized carbons (Fsp3) is 0.412. The minimum atomic E-state index is 0.103. The van der Waals surface area contributed by atoms with Crippen molar-refractivity contribution in [1.82, 2.24) is 10.3 Å². The zero-order valence-electron chi connectivity index (χ0n) is 12.5. The third-order valence-corrected chi connectivity index (χ3v) is 5.01. The van der Waals surface area contributed by atoms with E-state index >= 15 is 0 Å². The van der Waals surface area contributed by atoms with Gasteiger partial charge in [-0.2, -0.15) is 0 Å². The van der Waals surface area contributed by atoms with Crippen LogP contribution in [0.2, 0.25) is 0 Å². The van der Waals surface area contributed by atoms with Gasteiger partial charge in [-0.15, -0.1) is 11.3 Å². The van der Waals surface area contributed by atoms with E-state index in [0.717, 1.165) is 41.9 Å². The maximum Gasteiger partial charge on any atom is 0.223 e. The molecule has 1 fully saturated rings. The van der Waals surface area contributed by atoms with Crippen molar-refractivity contribution in [3.05, 3.63) is 40.7 Å². The molecular weight excluding hydrogens is 294 g/mol. The molecule has 1 heterocycles. The molecule has 1 amide bonds. The summed E-state index contributed by atoms with van der Waals surface area (Å²) in [6.07, 6.45) is 3.48. The lowest BCUT2D eigenvalue weighted by molar-refractivity contribution is -0.124. The van der Waals surface area contributed by atoms with Gasteiger partial charge in [0.1, 0.15) is 0 Å². The van der Waals surface area contributed by atoms with Gasteiger partial charge >= 0.3 is 0 Å². The van der Waals surface area contributed by atoms with E-state index in [0.29, 0.717) is 6.54 Å². The fourth-order valence-electron chi connectivity index (χ4n) is 2.86. The molecule has 3 rings (SSSR count). The number of amides is 1. The predicted octanol–water partition coefficient (Wildman–Crippen LogP) is 2.60. The number of nitrogens with one attached hydrogen (secondary N) is 1. The van der Waals surface area contributed by atoms with Crippen molar-refractivity contribution < 1.29 is 4.79 Å². The standard InChI is InChI=1S/C17H21N3OS/c18-14-7-6-13(10-14)17(21)19-9-8-16-20-15(11-22-16)12-4-2-1-3-5-12/h1-5,11,13-14H,6-10,18H2,(H,19,21)/t13-,14+/m1/s1. The highest BCUT2D eigenvalue weighted by atomic mass is 32.1. The molecule has 4 nitrogen and oxygen atoms in total. The first-order valence-corrected chi connectivity index (χ1v) is 8.63. The number of nitrogens with zero attached hydrogens (tertiary/aromatic N) is 1. The van der Waals surface area contributed by atoms with Crippen LogP contribution in [-0.4, -0.2) is 23.5 Å². The van der Waals surface area contributed by atoms with Gasteiger partial charge in [0, 0.05) is 35.9 Å². The molecule has 2 atom stereocenters. The first kappa shape index (κ1) is 15.2. The van der Waals surface area contributed by atoms with E-state index < -0.39 is 0 Å². The molecule has 116 valence electrons. The average molecular weight is 315 g/mol. The smallest absolute Gasteiger partial charge is 0.223 e. The van der Waals surface area contributed by atoms with Crippen LogP contribution in [0.15, 0.2) is 35.7 Å². The number of thiazole rings is 1. The van der Waals surface area contributed by atoms with Gasteiger partial charge in [-0.1, -0.05) is 30.3 Å². The van der Waals surface area contributed by atoms with Gasteiger partial charge in [0.15, 0.2) is 0 Å². The summed E-state index contributed by atoms with van der Waals surface area (Å²) in [7, 11) is 0. The predicted molar refractivity (Wildman–Crippen MR) is 89.6 cm³/mol. The molecule has 0 spiro atoms. The summed E-state index contributed by atoms with van der Waals surface area (Å²) in [4.78, 5) is 16.7. The maximum absolute atomic E-state index is 12.0. The first-order valence-electron chi connectivity index (χ1n) is 7.75. The van der Waals surface area contributed by atoms with Crippen molar-refractivity contribution in [2.24, 2.45) is 11.7 Å². The minimum Gasteiger partial charge on any atom is -0.355 e. The Balaban J connectivity index is 1.48. The summed E-state index contributed by atoms with van der Waals surface area (Å²) in [6.45, 7) is 0.645. The summed E-state index contributed by atoms with van der Waals surface area (Å²) < 4.78 is 0. The number of hydrogen-bond acceptors (Lipinski definition) is 4. The Morgan fingerprint density at radius 3 is 2.86 bits per heavy atom. The Bertz CT molecular complexity index is 626. The summed E-state index contributed by atoms with van der Waals surface area (Å²) >= 11 is 1.65. The zero-order valence-corrected chi connectivity index (χ0v) is 13.3. The van der Waals surface area contributed by atoms with Crippen LogP contribution in [0.3, 0.4) is 0 Å². The van der Waals surface area contributed by atoms with E-state index in [-0.39, 0.29) is 17.9 Å². The fourth-order valence-corrected chi connectivity index (χ4v) is 3.67. The van der Waals surface area contributed by atoms with E-state index in [1.165, 1.54) is 0 Å². The quantitative estimate of drug-likeness (QED) is 0.891. The molecule has 22 heavy (non-hydrogen) atoms. The Morgan fingerprint density at radius 1 is 1.32 bits per heavy atom. The van der Waals surface area contributed by atoms with Crippen LogP contribution in [0, 0.1) is 5.92 Å². The monoisotopic (exact) mass is 315 g/mol. The topological polar surface area (TPSA) is 68.0 Å². The molecule has 0 radical (unpaired) electrons. The number of benzene rings is 1. The molecule has 1 aromatic carbocycles. The Labute approximate surface area is 134 Å². The SMILES string of the molecule is N[C@H]1CC[C@@H](C(=O)NCCc2nc(-c3ccccc3)cs2)C1. The second-order valence-corrected chi connectivity index (χ2v) is 6.75. The van der Waals surface area contributed by atoms with Gasteiger partial charge in [-0.25, -0.2) is 4.98 Å². The van der Waals surface area contributed by atoms with Crippen molar-refractivity contribution in [3.63, 3.8) is 0 Å². The van der Waals surface area contributed by atoms with E-state index in [9.17, 15) is 4.79 Å². The average Bonchev–Trinajstić information content (AvgIpc) is 3.17. The highest BCUT2D eigenvalue weighted by molar-refractivity contribution is 7.09. The Morgan fingerprint density at radius 2 is 2.14 bits per heavy atom. The minimum absolute atomic E-state index is 0.103. The number of nitrogens with two attached hydrogens (primary N) is 1. The Hall–Kier alpha value is -1.72. The number of hydrogen-bond donors (Lipinski definition) is 2. The van der Waals surface area contributed by atoms with Gasteiger partial charge in [-0.05, 0) is 19.3 Å². The number of rotatable bonds is 5. The molecule has 5 heteroatoms. The van der Waals surface area contributed by atoms with Gasteiger partial charge < -0.3 is 11.1 Å². The van der Waals surface area contributed by atoms with E-state index in [2.05, 4.69) is 27.8 Å². The molecule has 0 saturated heterocycles. The van der Waals surface area contributed by atoms with Gasteiger partial charge in [0.25, 0.3) is 0 Å². The molecule has 1 saturated carbocycles. The third kappa shape index (κ3) is 3.72. The van der Waals surface area contributed by atoms with Crippen molar-refractivity contribution >= 4 is 17.2 Å². The van der Waals surface area contributed by atoms with E-state index in [1.807, 2.05) is 18.2 Å². The molecule has 1 aromatic heterocycles. The van der Waals surface area contributed by atoms with Crippen molar-refractivity contribution in [2.45, 2.75) is 31.7 Å². The highest BCUT2D eigenvalue weighted by Gasteiger charge is 2.27.